The van der Waals surface area contributed by atoms with Gasteiger partial charge in [0.25, 0.3) is 0 Å². The molecule has 0 atom stereocenters. The Morgan fingerprint density at radius 1 is 0.762 bits per heavy atom. The van der Waals surface area contributed by atoms with Crippen LogP contribution in [0, 0.1) is 0 Å². The van der Waals surface area contributed by atoms with Crippen LogP contribution < -0.4 is 31.3 Å². The average molecular weight is 602 g/mol. The number of nitrogens with zero attached hydrogens (tertiary/aromatic N) is 4. The van der Waals surface area contributed by atoms with Gasteiger partial charge in [0.1, 0.15) is 5.75 Å². The van der Waals surface area contributed by atoms with Gasteiger partial charge in [0, 0.05) is 29.2 Å². The number of carbonyl (C=O) groups excluding carboxylic acids is 2. The highest BCUT2D eigenvalue weighted by molar-refractivity contribution is 7.14. The molecule has 0 saturated carbocycles. The minimum atomic E-state index is -0.588. The molecule has 5 rings (SSSR count). The van der Waals surface area contributed by atoms with Crippen LogP contribution in [0.4, 0.5) is 44.8 Å². The zero-order valence-electron chi connectivity index (χ0n) is 22.3. The van der Waals surface area contributed by atoms with Crippen molar-refractivity contribution < 1.29 is 14.3 Å². The fraction of sp³-hybridized carbons (Fsp3) is 0.0714. The molecule has 3 amide bonds. The Balaban J connectivity index is 1.37. The first-order valence-corrected chi connectivity index (χ1v) is 13.7. The molecule has 0 spiro atoms. The molecular weight excluding hydrogens is 578 g/mol. The number of rotatable bonds is 9. The number of hydrogen-bond donors (Lipinski definition) is 5. The summed E-state index contributed by atoms with van der Waals surface area (Å²) in [7, 11) is 1.59. The maximum Gasteiger partial charge on any atom is 0.326 e. The number of methoxy groups -OCH3 is 1. The minimum Gasteiger partial charge on any atom is -0.497 e. The lowest BCUT2D eigenvalue weighted by Crippen LogP contribution is -2.22. The molecule has 0 unspecified atom stereocenters. The van der Waals surface area contributed by atoms with Crippen LogP contribution in [-0.4, -0.2) is 39.0 Å². The van der Waals surface area contributed by atoms with Crippen molar-refractivity contribution in [2.24, 2.45) is 0 Å². The van der Waals surface area contributed by atoms with E-state index in [0.29, 0.717) is 33.0 Å². The highest BCUT2D eigenvalue weighted by atomic mass is 35.5. The summed E-state index contributed by atoms with van der Waals surface area (Å²) in [5.74, 6) is 0.864. The summed E-state index contributed by atoms with van der Waals surface area (Å²) in [5.41, 5.74) is 3.41. The molecule has 14 heteroatoms. The van der Waals surface area contributed by atoms with E-state index < -0.39 is 6.03 Å². The normalized spacial score (nSPS) is 10.5. The Morgan fingerprint density at radius 3 is 2.12 bits per heavy atom. The molecule has 0 aliphatic rings. The number of nitrogens with one attached hydrogen (secondary N) is 5. The zero-order valence-corrected chi connectivity index (χ0v) is 23.9. The molecule has 42 heavy (non-hydrogen) atoms. The quantitative estimate of drug-likeness (QED) is 0.123. The summed E-state index contributed by atoms with van der Waals surface area (Å²) in [5, 5.41) is 17.0. The van der Waals surface area contributed by atoms with E-state index in [1.165, 1.54) is 18.3 Å². The number of benzene rings is 3. The Bertz CT molecular complexity index is 1710. The largest absolute Gasteiger partial charge is 0.497 e. The number of thiazole rings is 1. The molecule has 2 aromatic heterocycles. The van der Waals surface area contributed by atoms with E-state index in [-0.39, 0.29) is 23.8 Å². The van der Waals surface area contributed by atoms with Crippen LogP contribution in [0.2, 0.25) is 5.02 Å². The lowest BCUT2D eigenvalue weighted by Gasteiger charge is -2.11. The Hall–Kier alpha value is -5.27. The van der Waals surface area contributed by atoms with E-state index >= 15 is 0 Å². The third-order valence-corrected chi connectivity index (χ3v) is 6.64. The summed E-state index contributed by atoms with van der Waals surface area (Å²) >= 11 is 7.51. The number of halogens is 1. The van der Waals surface area contributed by atoms with Crippen LogP contribution in [0.5, 0.6) is 5.75 Å². The van der Waals surface area contributed by atoms with Gasteiger partial charge in [-0.05, 0) is 48.5 Å². The van der Waals surface area contributed by atoms with Crippen molar-refractivity contribution in [1.29, 1.82) is 0 Å². The third kappa shape index (κ3) is 7.47. The van der Waals surface area contributed by atoms with Gasteiger partial charge in [-0.3, -0.25) is 15.4 Å². The molecule has 0 radical (unpaired) electrons. The molecule has 0 aliphatic carbocycles. The molecule has 0 saturated heterocycles. The van der Waals surface area contributed by atoms with Crippen molar-refractivity contribution in [3.8, 4) is 17.0 Å². The number of amides is 3. The highest BCUT2D eigenvalue weighted by Gasteiger charge is 2.14. The van der Waals surface area contributed by atoms with Crippen LogP contribution in [0.25, 0.3) is 11.3 Å². The molecule has 2 heterocycles. The van der Waals surface area contributed by atoms with Crippen LogP contribution in [-0.2, 0) is 4.79 Å². The van der Waals surface area contributed by atoms with Crippen LogP contribution in [0.3, 0.4) is 0 Å². The second-order valence-electron chi connectivity index (χ2n) is 8.64. The molecular formula is C28H24ClN9O3S. The number of para-hydroxylation sites is 1. The number of urea groups is 1. The fourth-order valence-electron chi connectivity index (χ4n) is 3.65. The van der Waals surface area contributed by atoms with Gasteiger partial charge in [-0.2, -0.15) is 15.0 Å². The summed E-state index contributed by atoms with van der Waals surface area (Å²) in [4.78, 5) is 41.8. The number of hydrogen-bond acceptors (Lipinski definition) is 10. The van der Waals surface area contributed by atoms with Crippen molar-refractivity contribution in [3.63, 3.8) is 0 Å². The topological polar surface area (TPSA) is 155 Å². The van der Waals surface area contributed by atoms with Crippen molar-refractivity contribution >= 4 is 74.9 Å². The lowest BCUT2D eigenvalue weighted by atomic mass is 10.1. The molecule has 12 nitrogen and oxygen atoms in total. The van der Waals surface area contributed by atoms with Gasteiger partial charge in [-0.1, -0.05) is 35.9 Å². The second kappa shape index (κ2) is 12.9. The van der Waals surface area contributed by atoms with Gasteiger partial charge in [0.05, 0.1) is 23.5 Å². The first kappa shape index (κ1) is 28.3. The monoisotopic (exact) mass is 601 g/mol. The maximum atomic E-state index is 12.7. The second-order valence-corrected chi connectivity index (χ2v) is 9.91. The standard InChI is InChI=1S/C28H24ClN9O3S/c1-16(39)30-18-9-7-17(8-10-18)23-15-42-28(33-23)38-26-35-24(31-19-11-13-20(41-2)14-12-19)34-25(36-26)37-27(40)32-22-6-4-3-5-21(22)29/h3-15H,1-2H3,(H,30,39)(H4,31,32,33,34,35,36,37,38,40). The van der Waals surface area contributed by atoms with Crippen LogP contribution in [0.15, 0.2) is 78.2 Å². The molecule has 3 aromatic carbocycles. The number of carbonyl (C=O) groups is 2. The van der Waals surface area contributed by atoms with E-state index in [0.717, 1.165) is 11.3 Å². The smallest absolute Gasteiger partial charge is 0.326 e. The predicted octanol–water partition coefficient (Wildman–Crippen LogP) is 6.75. The van der Waals surface area contributed by atoms with Gasteiger partial charge in [-0.15, -0.1) is 11.3 Å². The average Bonchev–Trinajstić information content (AvgIpc) is 3.43. The molecule has 0 bridgehead atoms. The Labute approximate surface area is 249 Å². The summed E-state index contributed by atoms with van der Waals surface area (Å²) in [6.07, 6.45) is 0. The Morgan fingerprint density at radius 2 is 1.43 bits per heavy atom. The first-order chi connectivity index (χ1) is 20.3. The summed E-state index contributed by atoms with van der Waals surface area (Å²) < 4.78 is 5.21. The zero-order chi connectivity index (χ0) is 29.5. The SMILES string of the molecule is COc1ccc(Nc2nc(NC(=O)Nc3ccccc3Cl)nc(Nc3nc(-c4ccc(NC(C)=O)cc4)cs3)n2)cc1. The summed E-state index contributed by atoms with van der Waals surface area (Å²) in [6, 6.07) is 20.8. The third-order valence-electron chi connectivity index (χ3n) is 5.55. The van der Waals surface area contributed by atoms with Gasteiger partial charge in [-0.25, -0.2) is 9.78 Å². The van der Waals surface area contributed by atoms with E-state index in [4.69, 9.17) is 16.3 Å². The number of anilines is 7. The number of aromatic nitrogens is 4. The fourth-order valence-corrected chi connectivity index (χ4v) is 4.55. The van der Waals surface area contributed by atoms with E-state index in [1.807, 2.05) is 17.5 Å². The van der Waals surface area contributed by atoms with Gasteiger partial charge < -0.3 is 20.7 Å². The predicted molar refractivity (Wildman–Crippen MR) is 165 cm³/mol. The molecule has 5 aromatic rings. The molecule has 0 aliphatic heterocycles. The summed E-state index contributed by atoms with van der Waals surface area (Å²) in [6.45, 7) is 1.46. The van der Waals surface area contributed by atoms with Crippen molar-refractivity contribution in [1.82, 2.24) is 19.9 Å². The maximum absolute atomic E-state index is 12.7. The first-order valence-electron chi connectivity index (χ1n) is 12.4. The molecule has 212 valence electrons. The molecule has 0 fully saturated rings. The van der Waals surface area contributed by atoms with Crippen LogP contribution in [0.1, 0.15) is 6.92 Å². The van der Waals surface area contributed by atoms with E-state index in [9.17, 15) is 9.59 Å². The lowest BCUT2D eigenvalue weighted by molar-refractivity contribution is -0.114. The highest BCUT2D eigenvalue weighted by Crippen LogP contribution is 2.28. The van der Waals surface area contributed by atoms with Gasteiger partial charge in [0.2, 0.25) is 23.8 Å². The van der Waals surface area contributed by atoms with Gasteiger partial charge >= 0.3 is 6.03 Å². The van der Waals surface area contributed by atoms with Crippen molar-refractivity contribution in [2.75, 3.05) is 33.7 Å². The van der Waals surface area contributed by atoms with E-state index in [1.54, 1.807) is 67.8 Å². The Kier molecular flexibility index (Phi) is 8.70. The van der Waals surface area contributed by atoms with E-state index in [2.05, 4.69) is 46.5 Å². The van der Waals surface area contributed by atoms with Crippen molar-refractivity contribution in [3.05, 3.63) is 83.2 Å². The van der Waals surface area contributed by atoms with Gasteiger partial charge in [0.15, 0.2) is 5.13 Å². The minimum absolute atomic E-state index is 0.0154. The number of ether oxygens (including phenoxy) is 1. The van der Waals surface area contributed by atoms with Crippen LogP contribution >= 0.6 is 22.9 Å². The van der Waals surface area contributed by atoms with Crippen molar-refractivity contribution in [2.45, 2.75) is 6.92 Å². The molecule has 5 N–H and O–H groups in total.